The number of nitrogens with zero attached hydrogens (tertiary/aromatic N) is 3. The molecule has 110 valence electrons. The number of likely N-dealkylation sites (tertiary alicyclic amines) is 1. The number of hydrogen-bond donors (Lipinski definition) is 1. The molecule has 1 saturated heterocycles. The van der Waals surface area contributed by atoms with Crippen LogP contribution >= 0.6 is 0 Å². The lowest BCUT2D eigenvalue weighted by atomic mass is 10.0. The molecular weight excluding hydrogens is 256 g/mol. The van der Waals surface area contributed by atoms with E-state index in [-0.39, 0.29) is 17.9 Å². The van der Waals surface area contributed by atoms with Crippen molar-refractivity contribution in [1.82, 2.24) is 20.0 Å². The molecule has 2 amide bonds. The van der Waals surface area contributed by atoms with Gasteiger partial charge >= 0.3 is 0 Å². The second kappa shape index (κ2) is 6.07. The molecule has 0 bridgehead atoms. The molecule has 2 heterocycles. The summed E-state index contributed by atoms with van der Waals surface area (Å²) in [5.74, 6) is -0.0232. The Labute approximate surface area is 119 Å². The minimum atomic E-state index is -0.0417. The van der Waals surface area contributed by atoms with Crippen LogP contribution in [0.5, 0.6) is 0 Å². The van der Waals surface area contributed by atoms with Crippen molar-refractivity contribution in [3.05, 3.63) is 17.5 Å². The topological polar surface area (TPSA) is 67.2 Å². The summed E-state index contributed by atoms with van der Waals surface area (Å²) in [4.78, 5) is 25.5. The normalized spacial score (nSPS) is 18.9. The molecule has 1 atom stereocenters. The summed E-state index contributed by atoms with van der Waals surface area (Å²) in [6.07, 6.45) is 4.26. The molecule has 0 saturated carbocycles. The Bertz CT molecular complexity index is 509. The summed E-state index contributed by atoms with van der Waals surface area (Å²) in [7, 11) is 1.85. The number of rotatable bonds is 3. The molecule has 0 aromatic carbocycles. The van der Waals surface area contributed by atoms with Gasteiger partial charge in [-0.15, -0.1) is 0 Å². The van der Waals surface area contributed by atoms with Gasteiger partial charge in [0.25, 0.3) is 5.91 Å². The molecule has 2 rings (SSSR count). The quantitative estimate of drug-likeness (QED) is 0.886. The summed E-state index contributed by atoms with van der Waals surface area (Å²) in [5.41, 5.74) is 1.63. The van der Waals surface area contributed by atoms with Crippen LogP contribution in [-0.4, -0.2) is 45.6 Å². The van der Waals surface area contributed by atoms with E-state index in [1.54, 1.807) is 10.9 Å². The van der Waals surface area contributed by atoms with Crippen LogP contribution in [0, 0.1) is 0 Å². The Balaban J connectivity index is 2.10. The minimum absolute atomic E-state index is 0.0185. The number of amides is 2. The van der Waals surface area contributed by atoms with E-state index in [2.05, 4.69) is 10.4 Å². The first kappa shape index (κ1) is 14.6. The molecule has 1 aliphatic rings. The van der Waals surface area contributed by atoms with Gasteiger partial charge < -0.3 is 10.2 Å². The minimum Gasteiger partial charge on any atom is -0.352 e. The smallest absolute Gasteiger partial charge is 0.257 e. The van der Waals surface area contributed by atoms with E-state index < -0.39 is 0 Å². The highest BCUT2D eigenvalue weighted by Gasteiger charge is 2.27. The molecule has 1 aromatic heterocycles. The van der Waals surface area contributed by atoms with Crippen LogP contribution in [0.15, 0.2) is 6.20 Å². The summed E-state index contributed by atoms with van der Waals surface area (Å²) in [6, 6.07) is 0.0620. The van der Waals surface area contributed by atoms with Crippen LogP contribution in [0.25, 0.3) is 0 Å². The molecule has 1 unspecified atom stereocenters. The van der Waals surface area contributed by atoms with Crippen molar-refractivity contribution in [1.29, 1.82) is 0 Å². The van der Waals surface area contributed by atoms with Gasteiger partial charge in [0.1, 0.15) is 0 Å². The maximum Gasteiger partial charge on any atom is 0.257 e. The van der Waals surface area contributed by atoms with Gasteiger partial charge in [-0.25, -0.2) is 0 Å². The number of aryl methyl sites for hydroxylation is 1. The Morgan fingerprint density at radius 1 is 1.50 bits per heavy atom. The highest BCUT2D eigenvalue weighted by Crippen LogP contribution is 2.16. The molecule has 1 aliphatic heterocycles. The average molecular weight is 278 g/mol. The number of nitrogens with one attached hydrogen (secondary N) is 1. The Kier molecular flexibility index (Phi) is 4.42. The molecule has 1 N–H and O–H groups in total. The third kappa shape index (κ3) is 3.00. The highest BCUT2D eigenvalue weighted by atomic mass is 16.2. The van der Waals surface area contributed by atoms with Gasteiger partial charge in [-0.2, -0.15) is 5.10 Å². The first-order chi connectivity index (χ1) is 9.52. The number of carbonyl (C=O) groups excluding carboxylic acids is 2. The van der Waals surface area contributed by atoms with Gasteiger partial charge in [0.05, 0.1) is 17.5 Å². The van der Waals surface area contributed by atoms with E-state index in [1.807, 2.05) is 18.9 Å². The van der Waals surface area contributed by atoms with E-state index >= 15 is 0 Å². The maximum atomic E-state index is 12.6. The zero-order valence-electron chi connectivity index (χ0n) is 12.3. The van der Waals surface area contributed by atoms with E-state index in [9.17, 15) is 9.59 Å². The van der Waals surface area contributed by atoms with Crippen molar-refractivity contribution in [3.8, 4) is 0 Å². The highest BCUT2D eigenvalue weighted by molar-refractivity contribution is 5.95. The SMILES string of the molecule is CCc1c(C(=O)N2CCCC(NC(C)=O)C2)cnn1C. The van der Waals surface area contributed by atoms with Crippen LogP contribution in [0.1, 0.15) is 42.7 Å². The van der Waals surface area contributed by atoms with Gasteiger partial charge in [0.2, 0.25) is 5.91 Å². The third-order valence-electron chi connectivity index (χ3n) is 3.74. The number of aromatic nitrogens is 2. The van der Waals surface area contributed by atoms with Crippen molar-refractivity contribution < 1.29 is 9.59 Å². The summed E-state index contributed by atoms with van der Waals surface area (Å²) >= 11 is 0. The van der Waals surface area contributed by atoms with Crippen molar-refractivity contribution in [2.24, 2.45) is 7.05 Å². The van der Waals surface area contributed by atoms with Crippen LogP contribution in [0.3, 0.4) is 0 Å². The monoisotopic (exact) mass is 278 g/mol. The van der Waals surface area contributed by atoms with Crippen LogP contribution < -0.4 is 5.32 Å². The van der Waals surface area contributed by atoms with Gasteiger partial charge in [0, 0.05) is 33.1 Å². The Morgan fingerprint density at radius 3 is 2.90 bits per heavy atom. The predicted octanol–water partition coefficient (Wildman–Crippen LogP) is 0.723. The van der Waals surface area contributed by atoms with Crippen molar-refractivity contribution in [2.45, 2.75) is 39.2 Å². The molecule has 0 radical (unpaired) electrons. The molecule has 0 aliphatic carbocycles. The second-order valence-electron chi connectivity index (χ2n) is 5.27. The second-order valence-corrected chi connectivity index (χ2v) is 5.27. The molecule has 1 aromatic rings. The van der Waals surface area contributed by atoms with Gasteiger partial charge in [-0.3, -0.25) is 14.3 Å². The number of carbonyl (C=O) groups is 2. The van der Waals surface area contributed by atoms with E-state index in [0.29, 0.717) is 12.1 Å². The predicted molar refractivity (Wildman–Crippen MR) is 75.3 cm³/mol. The molecule has 6 nitrogen and oxygen atoms in total. The lowest BCUT2D eigenvalue weighted by molar-refractivity contribution is -0.120. The Hall–Kier alpha value is -1.85. The summed E-state index contributed by atoms with van der Waals surface area (Å²) in [6.45, 7) is 4.85. The lowest BCUT2D eigenvalue weighted by Crippen LogP contribution is -2.49. The molecular formula is C14H22N4O2. The third-order valence-corrected chi connectivity index (χ3v) is 3.74. The van der Waals surface area contributed by atoms with E-state index in [0.717, 1.165) is 31.5 Å². The number of piperidine rings is 1. The van der Waals surface area contributed by atoms with E-state index in [1.165, 1.54) is 6.92 Å². The van der Waals surface area contributed by atoms with Crippen LogP contribution in [-0.2, 0) is 18.3 Å². The maximum absolute atomic E-state index is 12.6. The molecule has 1 fully saturated rings. The number of hydrogen-bond acceptors (Lipinski definition) is 3. The van der Waals surface area contributed by atoms with Gasteiger partial charge in [-0.05, 0) is 19.3 Å². The van der Waals surface area contributed by atoms with Crippen molar-refractivity contribution >= 4 is 11.8 Å². The van der Waals surface area contributed by atoms with Crippen LogP contribution in [0.4, 0.5) is 0 Å². The molecule has 0 spiro atoms. The first-order valence-corrected chi connectivity index (χ1v) is 7.10. The fourth-order valence-corrected chi connectivity index (χ4v) is 2.80. The standard InChI is InChI=1S/C14H22N4O2/c1-4-13-12(8-15-17(13)3)14(20)18-7-5-6-11(9-18)16-10(2)19/h8,11H,4-7,9H2,1-3H3,(H,16,19). The zero-order chi connectivity index (χ0) is 14.7. The Morgan fingerprint density at radius 2 is 2.25 bits per heavy atom. The fourth-order valence-electron chi connectivity index (χ4n) is 2.80. The van der Waals surface area contributed by atoms with Crippen LogP contribution in [0.2, 0.25) is 0 Å². The largest absolute Gasteiger partial charge is 0.352 e. The van der Waals surface area contributed by atoms with Crippen molar-refractivity contribution in [2.75, 3.05) is 13.1 Å². The van der Waals surface area contributed by atoms with E-state index in [4.69, 9.17) is 0 Å². The molecule has 20 heavy (non-hydrogen) atoms. The molecule has 6 heteroatoms. The van der Waals surface area contributed by atoms with Gasteiger partial charge in [0.15, 0.2) is 0 Å². The van der Waals surface area contributed by atoms with Gasteiger partial charge in [-0.1, -0.05) is 6.92 Å². The van der Waals surface area contributed by atoms with Crippen molar-refractivity contribution in [3.63, 3.8) is 0 Å². The average Bonchev–Trinajstić information content (AvgIpc) is 2.78. The summed E-state index contributed by atoms with van der Waals surface area (Å²) in [5, 5.41) is 7.07. The lowest BCUT2D eigenvalue weighted by Gasteiger charge is -2.33. The first-order valence-electron chi connectivity index (χ1n) is 7.10. The zero-order valence-corrected chi connectivity index (χ0v) is 12.3. The fraction of sp³-hybridized carbons (Fsp3) is 0.643. The summed E-state index contributed by atoms with van der Waals surface area (Å²) < 4.78 is 1.75.